The highest BCUT2D eigenvalue weighted by Gasteiger charge is 2.30. The van der Waals surface area contributed by atoms with Gasteiger partial charge in [0.2, 0.25) is 0 Å². The van der Waals surface area contributed by atoms with Gasteiger partial charge in [0.25, 0.3) is 0 Å². The van der Waals surface area contributed by atoms with E-state index >= 15 is 0 Å². The van der Waals surface area contributed by atoms with Crippen molar-refractivity contribution in [2.75, 3.05) is 31.2 Å². The summed E-state index contributed by atoms with van der Waals surface area (Å²) in [5.74, 6) is 1.33. The number of aromatic nitrogens is 1. The zero-order valence-electron chi connectivity index (χ0n) is 17.2. The summed E-state index contributed by atoms with van der Waals surface area (Å²) in [6.07, 6.45) is 1.67. The van der Waals surface area contributed by atoms with Crippen LogP contribution in [0.4, 0.5) is 11.5 Å². The first-order chi connectivity index (χ1) is 14.7. The van der Waals surface area contributed by atoms with Crippen LogP contribution in [0.15, 0.2) is 36.4 Å². The summed E-state index contributed by atoms with van der Waals surface area (Å²) in [5, 5.41) is 5.41. The van der Waals surface area contributed by atoms with Crippen molar-refractivity contribution in [2.45, 2.75) is 18.9 Å². The second-order valence-electron chi connectivity index (χ2n) is 7.49. The first kappa shape index (κ1) is 22.0. The molecule has 164 valence electrons. The fourth-order valence-corrected chi connectivity index (χ4v) is 5.01. The number of fused-ring (bicyclic) bond motifs is 2. The van der Waals surface area contributed by atoms with Crippen LogP contribution in [0.2, 0.25) is 10.0 Å². The Morgan fingerprint density at radius 3 is 2.61 bits per heavy atom. The van der Waals surface area contributed by atoms with Crippen molar-refractivity contribution in [3.05, 3.63) is 57.6 Å². The molecule has 0 saturated heterocycles. The Labute approximate surface area is 191 Å². The van der Waals surface area contributed by atoms with E-state index in [1.54, 1.807) is 31.4 Å². The lowest BCUT2D eigenvalue weighted by molar-refractivity contribution is 0.408. The van der Waals surface area contributed by atoms with Crippen LogP contribution in [0.5, 0.6) is 5.75 Å². The van der Waals surface area contributed by atoms with Crippen molar-refractivity contribution in [1.29, 1.82) is 0 Å². The third-order valence-electron chi connectivity index (χ3n) is 5.30. The van der Waals surface area contributed by atoms with Crippen LogP contribution < -0.4 is 14.8 Å². The Hall–Kier alpha value is -2.26. The molecule has 1 aromatic heterocycles. The van der Waals surface area contributed by atoms with Crippen molar-refractivity contribution in [2.24, 2.45) is 0 Å². The molecular formula is C21H22Cl2N4O3S. The number of halogens is 2. The van der Waals surface area contributed by atoms with Gasteiger partial charge in [0.05, 0.1) is 29.4 Å². The van der Waals surface area contributed by atoms with Gasteiger partial charge < -0.3 is 10.1 Å². The predicted molar refractivity (Wildman–Crippen MR) is 126 cm³/mol. The molecule has 1 aliphatic carbocycles. The normalized spacial score (nSPS) is 15.9. The third kappa shape index (κ3) is 4.25. The highest BCUT2D eigenvalue weighted by atomic mass is 35.5. The van der Waals surface area contributed by atoms with Crippen molar-refractivity contribution in [3.8, 4) is 5.75 Å². The molecule has 0 spiro atoms. The van der Waals surface area contributed by atoms with Gasteiger partial charge in [-0.15, -0.1) is 0 Å². The van der Waals surface area contributed by atoms with Crippen molar-refractivity contribution in [1.82, 2.24) is 9.29 Å². The van der Waals surface area contributed by atoms with Crippen molar-refractivity contribution in [3.63, 3.8) is 0 Å². The number of hydrogen-bond donors (Lipinski definition) is 2. The summed E-state index contributed by atoms with van der Waals surface area (Å²) in [5.41, 5.74) is 3.23. The van der Waals surface area contributed by atoms with Gasteiger partial charge in [-0.3, -0.25) is 4.72 Å². The fourth-order valence-electron chi connectivity index (χ4n) is 3.75. The minimum absolute atomic E-state index is 0.0303. The topological polar surface area (TPSA) is 83.6 Å². The van der Waals surface area contributed by atoms with Gasteiger partial charge >= 0.3 is 10.2 Å². The number of anilines is 2. The van der Waals surface area contributed by atoms with Crippen LogP contribution in [0.25, 0.3) is 10.9 Å². The molecule has 0 radical (unpaired) electrons. The lowest BCUT2D eigenvalue weighted by Crippen LogP contribution is -2.28. The van der Waals surface area contributed by atoms with E-state index in [4.69, 9.17) is 27.9 Å². The van der Waals surface area contributed by atoms with Gasteiger partial charge in [0.1, 0.15) is 11.6 Å². The zero-order valence-corrected chi connectivity index (χ0v) is 19.6. The highest BCUT2D eigenvalue weighted by molar-refractivity contribution is 7.90. The van der Waals surface area contributed by atoms with Crippen LogP contribution in [0.3, 0.4) is 0 Å². The first-order valence-electron chi connectivity index (χ1n) is 9.62. The molecule has 1 heterocycles. The molecule has 0 amide bonds. The molecule has 1 unspecified atom stereocenters. The Balaban J connectivity index is 1.61. The smallest absolute Gasteiger partial charge is 0.301 e. The highest BCUT2D eigenvalue weighted by Crippen LogP contribution is 2.46. The Kier molecular flexibility index (Phi) is 5.91. The van der Waals surface area contributed by atoms with E-state index in [0.717, 1.165) is 39.2 Å². The van der Waals surface area contributed by atoms with E-state index in [0.29, 0.717) is 27.3 Å². The molecule has 7 nitrogen and oxygen atoms in total. The SMILES string of the molecule is COc1c(Cl)cc(Cl)c2c1C(Nc1ccc3cc(NS(=O)(=O)N(C)C)ccc3n1)CC2. The molecule has 2 N–H and O–H groups in total. The fraction of sp³-hybridized carbons (Fsp3) is 0.286. The quantitative estimate of drug-likeness (QED) is 0.525. The zero-order chi connectivity index (χ0) is 22.3. The summed E-state index contributed by atoms with van der Waals surface area (Å²) in [6, 6.07) is 10.7. The largest absolute Gasteiger partial charge is 0.495 e. The molecule has 3 aromatic rings. The minimum atomic E-state index is -3.57. The predicted octanol–water partition coefficient (Wildman–Crippen LogP) is 4.87. The van der Waals surface area contributed by atoms with Gasteiger partial charge in [0.15, 0.2) is 0 Å². The summed E-state index contributed by atoms with van der Waals surface area (Å²) in [6.45, 7) is 0. The van der Waals surface area contributed by atoms with E-state index in [9.17, 15) is 8.42 Å². The maximum atomic E-state index is 12.0. The van der Waals surface area contributed by atoms with Crippen LogP contribution in [0, 0.1) is 0 Å². The molecule has 0 aliphatic heterocycles. The minimum Gasteiger partial charge on any atom is -0.495 e. The van der Waals surface area contributed by atoms with Crippen LogP contribution in [0.1, 0.15) is 23.6 Å². The first-order valence-corrected chi connectivity index (χ1v) is 11.8. The van der Waals surface area contributed by atoms with Crippen molar-refractivity contribution >= 4 is 55.8 Å². The van der Waals surface area contributed by atoms with Gasteiger partial charge in [-0.2, -0.15) is 12.7 Å². The molecule has 1 atom stereocenters. The summed E-state index contributed by atoms with van der Waals surface area (Å²) < 4.78 is 33.3. The number of rotatable bonds is 6. The lowest BCUT2D eigenvalue weighted by atomic mass is 10.1. The number of nitrogens with one attached hydrogen (secondary N) is 2. The van der Waals surface area contributed by atoms with Gasteiger partial charge in [0, 0.05) is 30.1 Å². The van der Waals surface area contributed by atoms with E-state index in [1.807, 2.05) is 12.1 Å². The Morgan fingerprint density at radius 2 is 1.90 bits per heavy atom. The monoisotopic (exact) mass is 480 g/mol. The molecule has 4 rings (SSSR count). The standard InChI is InChI=1S/C21H22Cl2N4O3S/c1-27(2)31(28,29)26-13-5-7-17-12(10-13)4-9-19(24-17)25-18-8-6-14-15(22)11-16(23)21(30-3)20(14)18/h4-5,7,9-11,18,26H,6,8H2,1-3H3,(H,24,25). The maximum absolute atomic E-state index is 12.0. The van der Waals surface area contributed by atoms with E-state index < -0.39 is 10.2 Å². The maximum Gasteiger partial charge on any atom is 0.301 e. The van der Waals surface area contributed by atoms with Gasteiger partial charge in [-0.1, -0.05) is 23.2 Å². The molecule has 10 heteroatoms. The number of ether oxygens (including phenoxy) is 1. The number of hydrogen-bond acceptors (Lipinski definition) is 5. The summed E-state index contributed by atoms with van der Waals surface area (Å²) >= 11 is 12.7. The van der Waals surface area contributed by atoms with Crippen LogP contribution in [-0.4, -0.2) is 38.9 Å². The number of nitrogens with zero attached hydrogens (tertiary/aromatic N) is 2. The van der Waals surface area contributed by atoms with Gasteiger partial charge in [-0.25, -0.2) is 4.98 Å². The molecule has 1 aliphatic rings. The second-order valence-corrected chi connectivity index (χ2v) is 10.2. The number of pyridine rings is 1. The molecular weight excluding hydrogens is 459 g/mol. The average molecular weight is 481 g/mol. The van der Waals surface area contributed by atoms with Crippen LogP contribution >= 0.6 is 23.2 Å². The average Bonchev–Trinajstić information content (AvgIpc) is 3.12. The molecule has 31 heavy (non-hydrogen) atoms. The van der Waals surface area contributed by atoms with E-state index in [-0.39, 0.29) is 6.04 Å². The Morgan fingerprint density at radius 1 is 1.13 bits per heavy atom. The lowest BCUT2D eigenvalue weighted by Gasteiger charge is -2.19. The van der Waals surface area contributed by atoms with Crippen LogP contribution in [-0.2, 0) is 16.6 Å². The van der Waals surface area contributed by atoms with Crippen molar-refractivity contribution < 1.29 is 13.2 Å². The molecule has 0 bridgehead atoms. The molecule has 0 fully saturated rings. The molecule has 2 aromatic carbocycles. The third-order valence-corrected chi connectivity index (χ3v) is 7.38. The summed E-state index contributed by atoms with van der Waals surface area (Å²) in [7, 11) is 0.973. The number of methoxy groups -OCH3 is 1. The molecule has 0 saturated carbocycles. The van der Waals surface area contributed by atoms with Gasteiger partial charge in [-0.05, 0) is 54.8 Å². The second kappa shape index (κ2) is 8.35. The van der Waals surface area contributed by atoms with E-state index in [2.05, 4.69) is 15.0 Å². The Bertz CT molecular complexity index is 1270. The summed E-state index contributed by atoms with van der Waals surface area (Å²) in [4.78, 5) is 4.68. The number of benzene rings is 2. The van der Waals surface area contributed by atoms with E-state index in [1.165, 1.54) is 14.1 Å².